The number of para-hydroxylation sites is 1. The number of carbonyl (C=O) groups is 1. The summed E-state index contributed by atoms with van der Waals surface area (Å²) in [6.07, 6.45) is 1.42. The molecule has 2 aromatic rings. The van der Waals surface area contributed by atoms with Gasteiger partial charge in [-0.25, -0.2) is 4.79 Å². The molecular formula is C18H22N2O2. The van der Waals surface area contributed by atoms with Crippen LogP contribution < -0.4 is 10.6 Å². The van der Waals surface area contributed by atoms with E-state index in [1.54, 1.807) is 12.1 Å². The molecule has 0 unspecified atom stereocenters. The van der Waals surface area contributed by atoms with Crippen molar-refractivity contribution in [2.24, 2.45) is 0 Å². The number of amides is 2. The summed E-state index contributed by atoms with van der Waals surface area (Å²) in [7, 11) is 0. The molecule has 0 atom stereocenters. The normalized spacial score (nSPS) is 10.2. The third-order valence-corrected chi connectivity index (χ3v) is 3.49. The molecule has 0 bridgehead atoms. The molecular weight excluding hydrogens is 276 g/mol. The number of aryl methyl sites for hydroxylation is 1. The fourth-order valence-electron chi connectivity index (χ4n) is 2.17. The molecule has 0 aliphatic heterocycles. The molecule has 0 aliphatic rings. The molecule has 4 nitrogen and oxygen atoms in total. The first-order chi connectivity index (χ1) is 10.6. The van der Waals surface area contributed by atoms with Gasteiger partial charge in [-0.05, 0) is 37.0 Å². The maximum Gasteiger partial charge on any atom is 0.314 e. The number of hydrogen-bond donors (Lipinski definition) is 3. The monoisotopic (exact) mass is 298 g/mol. The lowest BCUT2D eigenvalue weighted by molar-refractivity contribution is 0.241. The number of urea groups is 1. The summed E-state index contributed by atoms with van der Waals surface area (Å²) in [6.45, 7) is 3.15. The Labute approximate surface area is 131 Å². The van der Waals surface area contributed by atoms with Crippen LogP contribution in [-0.4, -0.2) is 24.2 Å². The van der Waals surface area contributed by atoms with Crippen LogP contribution in [0.4, 0.5) is 4.79 Å². The van der Waals surface area contributed by atoms with E-state index in [0.717, 1.165) is 12.0 Å². The van der Waals surface area contributed by atoms with Crippen LogP contribution in [-0.2, 0) is 12.8 Å². The quantitative estimate of drug-likeness (QED) is 0.768. The highest BCUT2D eigenvalue weighted by atomic mass is 16.3. The van der Waals surface area contributed by atoms with Crippen molar-refractivity contribution < 1.29 is 9.90 Å². The number of hydrogen-bond acceptors (Lipinski definition) is 2. The molecule has 0 fully saturated rings. The fraction of sp³-hybridized carbons (Fsp3) is 0.278. The molecule has 2 amide bonds. The Morgan fingerprint density at radius 2 is 1.59 bits per heavy atom. The van der Waals surface area contributed by atoms with Gasteiger partial charge in [0.25, 0.3) is 0 Å². The Balaban J connectivity index is 1.64. The van der Waals surface area contributed by atoms with Crippen LogP contribution in [0.1, 0.15) is 16.7 Å². The molecule has 4 heteroatoms. The Morgan fingerprint density at radius 1 is 0.955 bits per heavy atom. The van der Waals surface area contributed by atoms with Gasteiger partial charge in [-0.3, -0.25) is 0 Å². The molecule has 0 heterocycles. The summed E-state index contributed by atoms with van der Waals surface area (Å²) in [6, 6.07) is 15.3. The summed E-state index contributed by atoms with van der Waals surface area (Å²) in [5.41, 5.74) is 3.28. The minimum absolute atomic E-state index is 0.178. The summed E-state index contributed by atoms with van der Waals surface area (Å²) >= 11 is 0. The highest BCUT2D eigenvalue weighted by Crippen LogP contribution is 2.15. The van der Waals surface area contributed by atoms with Crippen molar-refractivity contribution in [3.63, 3.8) is 0 Å². The largest absolute Gasteiger partial charge is 0.508 e. The molecule has 0 aliphatic carbocycles. The molecule has 116 valence electrons. The first-order valence-corrected chi connectivity index (χ1v) is 7.49. The standard InChI is InChI=1S/C18H22N2O2/c1-14-6-8-15(9-7-14)10-12-19-18(22)20-13-11-16-4-2-3-5-17(16)21/h2-9,21H,10-13H2,1H3,(H2,19,20,22). The van der Waals surface area contributed by atoms with Gasteiger partial charge in [0.1, 0.15) is 5.75 Å². The van der Waals surface area contributed by atoms with E-state index in [-0.39, 0.29) is 11.8 Å². The van der Waals surface area contributed by atoms with Crippen molar-refractivity contribution in [1.82, 2.24) is 10.6 Å². The van der Waals surface area contributed by atoms with E-state index in [1.807, 2.05) is 12.1 Å². The first kappa shape index (κ1) is 15.9. The number of benzene rings is 2. The lowest BCUT2D eigenvalue weighted by Crippen LogP contribution is -2.37. The molecule has 2 rings (SSSR count). The van der Waals surface area contributed by atoms with Gasteiger partial charge in [0, 0.05) is 13.1 Å². The van der Waals surface area contributed by atoms with E-state index >= 15 is 0 Å². The second kappa shape index (κ2) is 8.08. The van der Waals surface area contributed by atoms with Crippen LogP contribution in [0, 0.1) is 6.92 Å². The zero-order chi connectivity index (χ0) is 15.8. The van der Waals surface area contributed by atoms with Crippen molar-refractivity contribution in [2.45, 2.75) is 19.8 Å². The smallest absolute Gasteiger partial charge is 0.314 e. The summed E-state index contributed by atoms with van der Waals surface area (Å²) in [5, 5.41) is 15.3. The Hall–Kier alpha value is -2.49. The van der Waals surface area contributed by atoms with Gasteiger partial charge >= 0.3 is 6.03 Å². The van der Waals surface area contributed by atoms with Crippen molar-refractivity contribution in [3.8, 4) is 5.75 Å². The van der Waals surface area contributed by atoms with Gasteiger partial charge in [0.15, 0.2) is 0 Å². The zero-order valence-electron chi connectivity index (χ0n) is 12.8. The van der Waals surface area contributed by atoms with Crippen LogP contribution in [0.25, 0.3) is 0 Å². The molecule has 0 spiro atoms. The summed E-state index contributed by atoms with van der Waals surface area (Å²) in [4.78, 5) is 11.7. The average molecular weight is 298 g/mol. The molecule has 22 heavy (non-hydrogen) atoms. The number of carbonyl (C=O) groups excluding carboxylic acids is 1. The van der Waals surface area contributed by atoms with Gasteiger partial charge in [-0.15, -0.1) is 0 Å². The fourth-order valence-corrected chi connectivity index (χ4v) is 2.17. The van der Waals surface area contributed by atoms with Gasteiger partial charge in [-0.2, -0.15) is 0 Å². The van der Waals surface area contributed by atoms with E-state index in [4.69, 9.17) is 0 Å². The van der Waals surface area contributed by atoms with Crippen molar-refractivity contribution in [3.05, 3.63) is 65.2 Å². The molecule has 2 aromatic carbocycles. The number of nitrogens with one attached hydrogen (secondary N) is 2. The Bertz CT molecular complexity index is 609. The van der Waals surface area contributed by atoms with Crippen molar-refractivity contribution >= 4 is 6.03 Å². The summed E-state index contributed by atoms with van der Waals surface area (Å²) in [5.74, 6) is 0.268. The highest BCUT2D eigenvalue weighted by Gasteiger charge is 2.02. The Morgan fingerprint density at radius 3 is 2.27 bits per heavy atom. The van der Waals surface area contributed by atoms with E-state index in [9.17, 15) is 9.90 Å². The molecule has 0 radical (unpaired) electrons. The predicted molar refractivity (Wildman–Crippen MR) is 88.1 cm³/mol. The lowest BCUT2D eigenvalue weighted by Gasteiger charge is -2.08. The second-order valence-corrected chi connectivity index (χ2v) is 5.30. The van der Waals surface area contributed by atoms with Crippen molar-refractivity contribution in [2.75, 3.05) is 13.1 Å². The van der Waals surface area contributed by atoms with Crippen LogP contribution in [0.3, 0.4) is 0 Å². The van der Waals surface area contributed by atoms with E-state index in [1.165, 1.54) is 11.1 Å². The first-order valence-electron chi connectivity index (χ1n) is 7.49. The minimum Gasteiger partial charge on any atom is -0.508 e. The zero-order valence-corrected chi connectivity index (χ0v) is 12.8. The molecule has 0 saturated heterocycles. The third-order valence-electron chi connectivity index (χ3n) is 3.49. The third kappa shape index (κ3) is 5.13. The van der Waals surface area contributed by atoms with Crippen LogP contribution in [0.5, 0.6) is 5.75 Å². The van der Waals surface area contributed by atoms with Gasteiger partial charge < -0.3 is 15.7 Å². The van der Waals surface area contributed by atoms with Gasteiger partial charge in [0.2, 0.25) is 0 Å². The molecule has 0 saturated carbocycles. The van der Waals surface area contributed by atoms with Gasteiger partial charge in [-0.1, -0.05) is 48.0 Å². The lowest BCUT2D eigenvalue weighted by atomic mass is 10.1. The second-order valence-electron chi connectivity index (χ2n) is 5.30. The summed E-state index contributed by atoms with van der Waals surface area (Å²) < 4.78 is 0. The number of phenolic OH excluding ortho intramolecular Hbond substituents is 1. The molecule has 3 N–H and O–H groups in total. The number of aromatic hydroxyl groups is 1. The minimum atomic E-state index is -0.178. The van der Waals surface area contributed by atoms with Crippen LogP contribution in [0.15, 0.2) is 48.5 Å². The van der Waals surface area contributed by atoms with E-state index in [0.29, 0.717) is 19.5 Å². The highest BCUT2D eigenvalue weighted by molar-refractivity contribution is 5.73. The van der Waals surface area contributed by atoms with E-state index in [2.05, 4.69) is 41.8 Å². The topological polar surface area (TPSA) is 61.4 Å². The maximum atomic E-state index is 11.7. The average Bonchev–Trinajstić information content (AvgIpc) is 2.51. The SMILES string of the molecule is Cc1ccc(CCNC(=O)NCCc2ccccc2O)cc1. The predicted octanol–water partition coefficient (Wildman–Crippen LogP) is 2.79. The van der Waals surface area contributed by atoms with E-state index < -0.39 is 0 Å². The van der Waals surface area contributed by atoms with Crippen molar-refractivity contribution in [1.29, 1.82) is 0 Å². The van der Waals surface area contributed by atoms with Crippen LogP contribution in [0.2, 0.25) is 0 Å². The Kier molecular flexibility index (Phi) is 5.83. The number of phenols is 1. The maximum absolute atomic E-state index is 11.7. The molecule has 0 aromatic heterocycles. The van der Waals surface area contributed by atoms with Crippen LogP contribution >= 0.6 is 0 Å². The number of rotatable bonds is 6. The van der Waals surface area contributed by atoms with Gasteiger partial charge in [0.05, 0.1) is 0 Å².